The highest BCUT2D eigenvalue weighted by atomic mass is 32.1. The van der Waals surface area contributed by atoms with Crippen LogP contribution >= 0.6 is 11.3 Å². The first kappa shape index (κ1) is 15.2. The van der Waals surface area contributed by atoms with E-state index >= 15 is 0 Å². The van der Waals surface area contributed by atoms with Gasteiger partial charge >= 0.3 is 0 Å². The Kier molecular flexibility index (Phi) is 4.08. The summed E-state index contributed by atoms with van der Waals surface area (Å²) in [6.07, 6.45) is 1.64. The number of aromatic nitrogens is 2. The predicted octanol–water partition coefficient (Wildman–Crippen LogP) is 3.07. The van der Waals surface area contributed by atoms with E-state index in [4.69, 9.17) is 0 Å². The van der Waals surface area contributed by atoms with E-state index in [-0.39, 0.29) is 17.2 Å². The number of carbonyl (C=O) groups is 1. The summed E-state index contributed by atoms with van der Waals surface area (Å²) in [6.45, 7) is 2.02. The minimum absolute atomic E-state index is 0.241. The van der Waals surface area contributed by atoms with Gasteiger partial charge in [-0.3, -0.25) is 9.59 Å². The molecule has 23 heavy (non-hydrogen) atoms. The van der Waals surface area contributed by atoms with Crippen molar-refractivity contribution in [3.63, 3.8) is 0 Å². The van der Waals surface area contributed by atoms with Crippen LogP contribution in [0.3, 0.4) is 0 Å². The fraction of sp³-hybridized carbons (Fsp3) is 0.118. The van der Waals surface area contributed by atoms with Gasteiger partial charge in [-0.2, -0.15) is 0 Å². The number of nitrogens with zero attached hydrogens (tertiary/aromatic N) is 2. The highest BCUT2D eigenvalue weighted by molar-refractivity contribution is 7.13. The second-order valence-electron chi connectivity index (χ2n) is 5.20. The molecule has 0 aliphatic rings. The topological polar surface area (TPSA) is 64.0 Å². The number of aryl methyl sites for hydroxylation is 2. The molecule has 0 aliphatic carbocycles. The van der Waals surface area contributed by atoms with Crippen molar-refractivity contribution < 1.29 is 4.79 Å². The highest BCUT2D eigenvalue weighted by Crippen LogP contribution is 2.24. The van der Waals surface area contributed by atoms with Crippen LogP contribution in [0.1, 0.15) is 16.1 Å². The summed E-state index contributed by atoms with van der Waals surface area (Å²) in [6, 6.07) is 11.2. The average Bonchev–Trinajstić information content (AvgIpc) is 3.02. The molecule has 2 aromatic heterocycles. The molecular weight excluding hydrogens is 310 g/mol. The number of carbonyl (C=O) groups excluding carboxylic acids is 1. The lowest BCUT2D eigenvalue weighted by Gasteiger charge is -2.04. The van der Waals surface area contributed by atoms with E-state index in [2.05, 4.69) is 10.3 Å². The molecule has 5 nitrogen and oxygen atoms in total. The van der Waals surface area contributed by atoms with E-state index in [0.717, 1.165) is 10.6 Å². The Morgan fingerprint density at radius 1 is 1.22 bits per heavy atom. The van der Waals surface area contributed by atoms with Crippen LogP contribution in [0.2, 0.25) is 0 Å². The minimum atomic E-state index is -0.386. The Hall–Kier alpha value is -2.73. The van der Waals surface area contributed by atoms with Gasteiger partial charge in [-0.05, 0) is 19.1 Å². The molecule has 116 valence electrons. The number of amides is 1. The number of hydrogen-bond donors (Lipinski definition) is 1. The zero-order valence-electron chi connectivity index (χ0n) is 12.7. The molecule has 0 saturated carbocycles. The maximum absolute atomic E-state index is 12.3. The Morgan fingerprint density at radius 3 is 2.70 bits per heavy atom. The van der Waals surface area contributed by atoms with Crippen molar-refractivity contribution in [2.24, 2.45) is 7.05 Å². The van der Waals surface area contributed by atoms with Crippen LogP contribution in [0.25, 0.3) is 10.6 Å². The van der Waals surface area contributed by atoms with E-state index in [9.17, 15) is 9.59 Å². The van der Waals surface area contributed by atoms with Gasteiger partial charge in [0.1, 0.15) is 16.4 Å². The maximum atomic E-state index is 12.3. The summed E-state index contributed by atoms with van der Waals surface area (Å²) in [5, 5.41) is 5.08. The quantitative estimate of drug-likeness (QED) is 0.805. The zero-order chi connectivity index (χ0) is 16.4. The molecule has 0 aliphatic heterocycles. The lowest BCUT2D eigenvalue weighted by atomic mass is 10.2. The Labute approximate surface area is 137 Å². The second-order valence-corrected chi connectivity index (χ2v) is 6.05. The van der Waals surface area contributed by atoms with Gasteiger partial charge in [0.05, 0.1) is 0 Å². The van der Waals surface area contributed by atoms with Crippen LogP contribution in [0.4, 0.5) is 5.69 Å². The van der Waals surface area contributed by atoms with Crippen LogP contribution in [0, 0.1) is 6.92 Å². The molecule has 0 atom stereocenters. The lowest BCUT2D eigenvalue weighted by molar-refractivity contribution is 0.102. The van der Waals surface area contributed by atoms with Gasteiger partial charge in [0.15, 0.2) is 0 Å². The molecule has 0 unspecified atom stereocenters. The summed E-state index contributed by atoms with van der Waals surface area (Å²) < 4.78 is 1.41. The van der Waals surface area contributed by atoms with E-state index < -0.39 is 0 Å². The molecule has 2 heterocycles. The molecule has 3 aromatic rings. The zero-order valence-corrected chi connectivity index (χ0v) is 13.6. The molecule has 0 spiro atoms. The fourth-order valence-corrected chi connectivity index (χ4v) is 2.89. The first-order valence-electron chi connectivity index (χ1n) is 7.04. The highest BCUT2D eigenvalue weighted by Gasteiger charge is 2.13. The van der Waals surface area contributed by atoms with Crippen molar-refractivity contribution >= 4 is 22.9 Å². The Morgan fingerprint density at radius 2 is 1.96 bits per heavy atom. The third-order valence-corrected chi connectivity index (χ3v) is 4.30. The molecule has 1 amide bonds. The summed E-state index contributed by atoms with van der Waals surface area (Å²) in [5.41, 5.74) is 2.43. The molecule has 6 heteroatoms. The van der Waals surface area contributed by atoms with E-state index in [1.165, 1.54) is 21.5 Å². The normalized spacial score (nSPS) is 10.5. The number of thiazole rings is 1. The second kappa shape index (κ2) is 6.18. The van der Waals surface area contributed by atoms with Gasteiger partial charge in [0.2, 0.25) is 0 Å². The van der Waals surface area contributed by atoms with Gasteiger partial charge in [-0.1, -0.05) is 29.8 Å². The van der Waals surface area contributed by atoms with Crippen molar-refractivity contribution in [2.75, 3.05) is 5.32 Å². The van der Waals surface area contributed by atoms with E-state index in [0.29, 0.717) is 5.69 Å². The maximum Gasteiger partial charge on any atom is 0.275 e. The fourth-order valence-electron chi connectivity index (χ4n) is 2.09. The minimum Gasteiger partial charge on any atom is -0.317 e. The SMILES string of the molecule is Cc1ccc(-c2nc(C(=O)Nc3cccn(C)c3=O)cs2)cc1. The van der Waals surface area contributed by atoms with Crippen molar-refractivity contribution in [1.29, 1.82) is 0 Å². The number of benzene rings is 1. The number of rotatable bonds is 3. The van der Waals surface area contributed by atoms with Crippen LogP contribution in [-0.2, 0) is 7.05 Å². The number of hydrogen-bond acceptors (Lipinski definition) is 4. The molecule has 1 aromatic carbocycles. The molecule has 3 rings (SSSR count). The van der Waals surface area contributed by atoms with Crippen molar-refractivity contribution in [2.45, 2.75) is 6.92 Å². The van der Waals surface area contributed by atoms with Crippen LogP contribution in [0.15, 0.2) is 52.8 Å². The molecule has 0 fully saturated rings. The van der Waals surface area contributed by atoms with E-state index in [1.54, 1.807) is 30.8 Å². The van der Waals surface area contributed by atoms with Gasteiger partial charge in [0.25, 0.3) is 11.5 Å². The first-order chi connectivity index (χ1) is 11.0. The predicted molar refractivity (Wildman–Crippen MR) is 91.9 cm³/mol. The van der Waals surface area contributed by atoms with Gasteiger partial charge in [0, 0.05) is 24.2 Å². The van der Waals surface area contributed by atoms with Crippen molar-refractivity contribution in [3.05, 3.63) is 69.6 Å². The van der Waals surface area contributed by atoms with Gasteiger partial charge < -0.3 is 9.88 Å². The summed E-state index contributed by atoms with van der Waals surface area (Å²) in [4.78, 5) is 28.5. The average molecular weight is 325 g/mol. The standard InChI is InChI=1S/C17H15N3O2S/c1-11-5-7-12(8-6-11)16-19-14(10-23-16)15(21)18-13-4-3-9-20(2)17(13)22/h3-10H,1-2H3,(H,18,21). The smallest absolute Gasteiger partial charge is 0.275 e. The summed E-state index contributed by atoms with van der Waals surface area (Å²) >= 11 is 1.40. The Bertz CT molecular complexity index is 910. The number of anilines is 1. The molecular formula is C17H15N3O2S. The molecule has 0 saturated heterocycles. The van der Waals surface area contributed by atoms with Gasteiger partial charge in [-0.25, -0.2) is 4.98 Å². The van der Waals surface area contributed by atoms with Crippen LogP contribution in [-0.4, -0.2) is 15.5 Å². The lowest BCUT2D eigenvalue weighted by Crippen LogP contribution is -2.23. The van der Waals surface area contributed by atoms with E-state index in [1.807, 2.05) is 31.2 Å². The number of nitrogens with one attached hydrogen (secondary N) is 1. The van der Waals surface area contributed by atoms with Crippen LogP contribution < -0.4 is 10.9 Å². The third kappa shape index (κ3) is 3.22. The number of pyridine rings is 1. The molecule has 1 N–H and O–H groups in total. The molecule has 0 radical (unpaired) electrons. The molecule has 0 bridgehead atoms. The summed E-state index contributed by atoms with van der Waals surface area (Å²) in [5.74, 6) is -0.386. The van der Waals surface area contributed by atoms with Crippen molar-refractivity contribution in [3.8, 4) is 10.6 Å². The first-order valence-corrected chi connectivity index (χ1v) is 7.92. The Balaban J connectivity index is 1.82. The van der Waals surface area contributed by atoms with Crippen molar-refractivity contribution in [1.82, 2.24) is 9.55 Å². The monoisotopic (exact) mass is 325 g/mol. The van der Waals surface area contributed by atoms with Crippen LogP contribution in [0.5, 0.6) is 0 Å². The summed E-state index contributed by atoms with van der Waals surface area (Å²) in [7, 11) is 1.64. The third-order valence-electron chi connectivity index (χ3n) is 3.41. The van der Waals surface area contributed by atoms with Gasteiger partial charge in [-0.15, -0.1) is 11.3 Å². The largest absolute Gasteiger partial charge is 0.317 e.